The summed E-state index contributed by atoms with van der Waals surface area (Å²) in [5, 5.41) is 58.2. The number of benzene rings is 4. The summed E-state index contributed by atoms with van der Waals surface area (Å²) in [5.41, 5.74) is 7.29. The second kappa shape index (κ2) is 41.2. The van der Waals surface area contributed by atoms with E-state index >= 15 is 0 Å². The highest BCUT2D eigenvalue weighted by Crippen LogP contribution is 2.34. The van der Waals surface area contributed by atoms with Crippen LogP contribution in [0.25, 0.3) is 5.69 Å². The Hall–Kier alpha value is -9.21. The summed E-state index contributed by atoms with van der Waals surface area (Å²) in [7, 11) is 0. The summed E-state index contributed by atoms with van der Waals surface area (Å²) in [6, 6.07) is 24.6. The van der Waals surface area contributed by atoms with Crippen LogP contribution in [0.3, 0.4) is 0 Å². The summed E-state index contributed by atoms with van der Waals surface area (Å²) in [5.74, 6) is -2.38. The van der Waals surface area contributed by atoms with E-state index in [2.05, 4.69) is 38.2 Å². The fourth-order valence-corrected chi connectivity index (χ4v) is 9.58. The number of ketones is 4. The lowest BCUT2D eigenvalue weighted by Crippen LogP contribution is -2.46. The lowest BCUT2D eigenvalue weighted by atomic mass is 9.89. The zero-order valence-corrected chi connectivity index (χ0v) is 53.2. The van der Waals surface area contributed by atoms with Gasteiger partial charge in [0.1, 0.15) is 11.6 Å². The molecule has 6 rings (SSSR count). The summed E-state index contributed by atoms with van der Waals surface area (Å²) < 4.78 is 1.20. The maximum Gasteiger partial charge on any atom is 0.300 e. The first-order valence-electron chi connectivity index (χ1n) is 29.8. The van der Waals surface area contributed by atoms with Crippen molar-refractivity contribution in [2.45, 2.75) is 145 Å². The molecule has 0 aliphatic carbocycles. The number of rotatable bonds is 33. The molecule has 6 atom stereocenters. The number of para-hydroxylation sites is 1. The number of aromatic amines is 1. The van der Waals surface area contributed by atoms with E-state index in [0.29, 0.717) is 56.4 Å². The van der Waals surface area contributed by atoms with Crippen molar-refractivity contribution in [2.75, 3.05) is 18.9 Å². The Kier molecular flexibility index (Phi) is 35.4. The Morgan fingerprint density at radius 2 is 1.12 bits per heavy atom. The van der Waals surface area contributed by atoms with Crippen molar-refractivity contribution in [3.8, 4) is 5.69 Å². The van der Waals surface area contributed by atoms with E-state index in [0.717, 1.165) is 47.9 Å². The van der Waals surface area contributed by atoms with Crippen LogP contribution in [0.5, 0.6) is 0 Å². The monoisotopic (exact) mass is 1290 g/mol. The van der Waals surface area contributed by atoms with Gasteiger partial charge in [0, 0.05) is 103 Å². The molecule has 0 radical (unpaired) electrons. The van der Waals surface area contributed by atoms with Gasteiger partial charge in [-0.15, -0.1) is 0 Å². The third kappa shape index (κ3) is 26.3. The van der Waals surface area contributed by atoms with Gasteiger partial charge in [-0.3, -0.25) is 73.8 Å². The number of imidazole rings is 2. The van der Waals surface area contributed by atoms with Crippen LogP contribution >= 0.6 is 12.6 Å². The largest absolute Gasteiger partial charge is 0.396 e. The van der Waals surface area contributed by atoms with Crippen molar-refractivity contribution in [2.24, 2.45) is 29.4 Å². The van der Waals surface area contributed by atoms with E-state index in [1.165, 1.54) is 55.5 Å². The summed E-state index contributed by atoms with van der Waals surface area (Å²) in [4.78, 5) is 130. The predicted molar refractivity (Wildman–Crippen MR) is 352 cm³/mol. The van der Waals surface area contributed by atoms with Crippen molar-refractivity contribution in [1.82, 2.24) is 30.2 Å². The van der Waals surface area contributed by atoms with Gasteiger partial charge in [-0.25, -0.2) is 9.97 Å². The van der Waals surface area contributed by atoms with Gasteiger partial charge in [0.15, 0.2) is 11.6 Å². The second-order valence-electron chi connectivity index (χ2n) is 22.1. The van der Waals surface area contributed by atoms with Gasteiger partial charge in [0.25, 0.3) is 22.7 Å². The molecule has 0 bridgehead atoms. The number of nitro benzene ring substituents is 4. The van der Waals surface area contributed by atoms with Gasteiger partial charge < -0.3 is 26.5 Å². The molecule has 6 aromatic rings. The number of aliphatic hydroxyl groups excluding tert-OH is 1. The second-order valence-corrected chi connectivity index (χ2v) is 22.5. The van der Waals surface area contributed by atoms with Crippen LogP contribution in [0.15, 0.2) is 122 Å². The van der Waals surface area contributed by atoms with E-state index in [4.69, 9.17) is 10.8 Å². The minimum atomic E-state index is -1.10. The molecule has 4 aromatic carbocycles. The van der Waals surface area contributed by atoms with Gasteiger partial charge in [0.2, 0.25) is 17.5 Å². The highest BCUT2D eigenvalue weighted by atomic mass is 32.1. The number of nitro groups is 4. The molecule has 0 fully saturated rings. The molecule has 2 heterocycles. The SMILES string of the molecule is C.CC(=O)[C@H](CCCN)CC(=O)[C@H](Cc1cnc[nH]1)NC(=O)[C@@H](C)Cc1ccccc1.CC(C)c1ccc([N+](=O)[O-])cc1[N+](=O)[O-].CCCC[C@H](CC(=O)[C@H](Cc1cncn1-c1c([N+](=O)[O-])cccc1[N+](=O)[O-])NC(=O)[C@@H](C)Cc1ccccc1)C(C)=O.OCCS. The average Bonchev–Trinajstić information content (AvgIpc) is 1.45. The number of carbonyl (C=O) groups excluding carboxylic acids is 6. The number of H-pyrrole nitrogens is 1. The van der Waals surface area contributed by atoms with Crippen LogP contribution in [0, 0.1) is 64.1 Å². The number of carbonyl (C=O) groups is 6. The van der Waals surface area contributed by atoms with Crippen LogP contribution in [0.4, 0.5) is 22.7 Å². The molecule has 2 amide bonds. The van der Waals surface area contributed by atoms with Gasteiger partial charge in [0.05, 0.1) is 57.1 Å². The smallest absolute Gasteiger partial charge is 0.300 e. The van der Waals surface area contributed by atoms with Crippen LogP contribution in [-0.2, 0) is 54.5 Å². The number of hydrogen-bond acceptors (Lipinski definition) is 19. The first-order valence-corrected chi connectivity index (χ1v) is 30.4. The minimum Gasteiger partial charge on any atom is -0.396 e. The number of hydrogen-bond donors (Lipinski definition) is 6. The molecule has 26 nitrogen and oxygen atoms in total. The van der Waals surface area contributed by atoms with Crippen LogP contribution < -0.4 is 16.4 Å². The molecule has 0 aliphatic rings. The van der Waals surface area contributed by atoms with E-state index in [9.17, 15) is 69.2 Å². The molecule has 0 aliphatic heterocycles. The van der Waals surface area contributed by atoms with Crippen LogP contribution in [0.1, 0.15) is 135 Å². The number of nitrogens with one attached hydrogen (secondary N) is 3. The van der Waals surface area contributed by atoms with Crippen molar-refractivity contribution >= 4 is 70.3 Å². The number of aromatic nitrogens is 4. The molecule has 0 spiro atoms. The van der Waals surface area contributed by atoms with E-state index in [1.54, 1.807) is 27.0 Å². The Balaban J connectivity index is 0.000000499. The van der Waals surface area contributed by atoms with Crippen LogP contribution in [-0.4, -0.2) is 110 Å². The lowest BCUT2D eigenvalue weighted by Gasteiger charge is -2.23. The van der Waals surface area contributed by atoms with Crippen molar-refractivity contribution in [1.29, 1.82) is 0 Å². The molecule has 92 heavy (non-hydrogen) atoms. The van der Waals surface area contributed by atoms with E-state index in [-0.39, 0.29) is 109 Å². The van der Waals surface area contributed by atoms with E-state index < -0.39 is 55.0 Å². The molecule has 2 aromatic heterocycles. The highest BCUT2D eigenvalue weighted by molar-refractivity contribution is 7.80. The van der Waals surface area contributed by atoms with Crippen LogP contribution in [0.2, 0.25) is 0 Å². The molecular weight excluding hydrogens is 1210 g/mol. The average molecular weight is 1290 g/mol. The summed E-state index contributed by atoms with van der Waals surface area (Å²) in [6.07, 6.45) is 10.3. The Labute approximate surface area is 541 Å². The number of nitrogens with two attached hydrogens (primary N) is 1. The normalized spacial score (nSPS) is 12.6. The summed E-state index contributed by atoms with van der Waals surface area (Å²) >= 11 is 3.67. The Bertz CT molecular complexity index is 3310. The van der Waals surface area contributed by atoms with Gasteiger partial charge >= 0.3 is 0 Å². The van der Waals surface area contributed by atoms with Gasteiger partial charge in [-0.05, 0) is 81.7 Å². The molecule has 0 saturated heterocycles. The fraction of sp³-hybridized carbons (Fsp3) is 0.446. The number of thiol groups is 1. The first kappa shape index (κ1) is 78.9. The molecule has 498 valence electrons. The van der Waals surface area contributed by atoms with Crippen molar-refractivity contribution < 1.29 is 53.6 Å². The summed E-state index contributed by atoms with van der Waals surface area (Å²) in [6.45, 7) is 12.8. The number of amides is 2. The van der Waals surface area contributed by atoms with E-state index in [1.807, 2.05) is 74.5 Å². The zero-order valence-electron chi connectivity index (χ0n) is 52.3. The first-order chi connectivity index (χ1) is 43.3. The van der Waals surface area contributed by atoms with Gasteiger partial charge in [-0.1, -0.05) is 116 Å². The minimum absolute atomic E-state index is 0. The molecule has 0 saturated carbocycles. The topological polar surface area (TPSA) is 392 Å². The lowest BCUT2D eigenvalue weighted by molar-refractivity contribution is -0.394. The molecule has 0 unspecified atom stereocenters. The third-order valence-corrected chi connectivity index (χ3v) is 14.9. The van der Waals surface area contributed by atoms with Gasteiger partial charge in [-0.2, -0.15) is 12.6 Å². The molecular formula is C65H87N11O15S. The quantitative estimate of drug-likeness (QED) is 0.0127. The fourth-order valence-electron chi connectivity index (χ4n) is 9.58. The number of Topliss-reactive ketones (excluding diaryl/α,β-unsaturated/α-hetero) is 4. The molecule has 27 heteroatoms. The maximum absolute atomic E-state index is 13.6. The number of nitrogens with zero attached hydrogens (tertiary/aromatic N) is 7. The zero-order chi connectivity index (χ0) is 67.7. The maximum atomic E-state index is 13.6. The number of aliphatic hydroxyl groups is 1. The number of unbranched alkanes of at least 4 members (excludes halogenated alkanes) is 1. The Morgan fingerprint density at radius 3 is 1.52 bits per heavy atom. The predicted octanol–water partition coefficient (Wildman–Crippen LogP) is 10.3. The third-order valence-electron chi connectivity index (χ3n) is 14.7. The molecule has 6 N–H and O–H groups in total. The number of non-ortho nitro benzene ring substituents is 1. The van der Waals surface area contributed by atoms with Crippen molar-refractivity contribution in [3.63, 3.8) is 0 Å². The van der Waals surface area contributed by atoms with Crippen molar-refractivity contribution in [3.05, 3.63) is 191 Å². The Morgan fingerprint density at radius 1 is 0.641 bits per heavy atom. The highest BCUT2D eigenvalue weighted by Gasteiger charge is 2.33. The standard InChI is InChI=1S/C30H35N5O7.C23H32N4O3.C9H10N2O4.C2H6OS.CH4/c1-4-5-12-23(21(3)36)16-28(37)25(32-30(38)20(2)15-22-10-7-6-8-11-22)17-24-18-31-19-33(24)29-26(34(39)40)13-9-14-27(29)35(41)42;1-16(11-18-7-4-3-5-8-18)23(30)27-21(13-20-14-25-15-26-20)22(29)12-19(17(2)28)9-6-10-24;1-6(2)8-4-3-7(10(12)13)5-9(8)11(14)15;3-1-2-4;/h6-11,13-14,18-20,23,25H,4-5,12,15-17H2,1-3H3,(H,32,38);3-5,7-8,14-16,19,21H,6,9-13,24H2,1-2H3,(H,25,26)(H,27,30);3-6H,1-2H3;3-4H,1-2H2;1H4/t20-,23+,25-;16-,19+,21-;;;/m00.../s1.